The Kier molecular flexibility index (Phi) is 3.64. The summed E-state index contributed by atoms with van der Waals surface area (Å²) in [5.74, 6) is 0. The van der Waals surface area contributed by atoms with Crippen molar-refractivity contribution in [1.82, 2.24) is 9.78 Å². The zero-order valence-electron chi connectivity index (χ0n) is 11.4. The van der Waals surface area contributed by atoms with Gasteiger partial charge in [-0.3, -0.25) is 4.68 Å². The summed E-state index contributed by atoms with van der Waals surface area (Å²) in [6, 6.07) is 8.88. The highest BCUT2D eigenvalue weighted by molar-refractivity contribution is 6.88. The van der Waals surface area contributed by atoms with Crippen molar-refractivity contribution in [2.75, 3.05) is 0 Å². The number of nitrogens with zero attached hydrogens (tertiary/aromatic N) is 2. The van der Waals surface area contributed by atoms with E-state index in [2.05, 4.69) is 49.0 Å². The summed E-state index contributed by atoms with van der Waals surface area (Å²) >= 11 is 6.00. The Morgan fingerprint density at radius 3 is 2.22 bits per heavy atom. The third-order valence-electron chi connectivity index (χ3n) is 3.05. The van der Waals surface area contributed by atoms with Crippen LogP contribution < -0.4 is 5.19 Å². The second-order valence-electron chi connectivity index (χ2n) is 5.71. The van der Waals surface area contributed by atoms with Crippen molar-refractivity contribution in [3.8, 4) is 0 Å². The molecule has 0 aliphatic heterocycles. The lowest BCUT2D eigenvalue weighted by atomic mass is 10.2. The Bertz CT molecular complexity index is 518. The molecule has 0 fully saturated rings. The summed E-state index contributed by atoms with van der Waals surface area (Å²) in [7, 11) is -1.20. The highest BCUT2D eigenvalue weighted by atomic mass is 35.5. The minimum absolute atomic E-state index is 0.730. The van der Waals surface area contributed by atoms with Gasteiger partial charge in [0.25, 0.3) is 0 Å². The minimum Gasteiger partial charge on any atom is -0.267 e. The normalized spacial score (nSPS) is 11.8. The minimum atomic E-state index is -1.20. The maximum Gasteiger partial charge on any atom is 0.0815 e. The lowest BCUT2D eigenvalue weighted by Crippen LogP contribution is -2.37. The van der Waals surface area contributed by atoms with Gasteiger partial charge in [-0.25, -0.2) is 0 Å². The molecule has 0 N–H and O–H groups in total. The lowest BCUT2D eigenvalue weighted by Gasteiger charge is -2.16. The molecule has 0 atom stereocenters. The smallest absolute Gasteiger partial charge is 0.0815 e. The van der Waals surface area contributed by atoms with Gasteiger partial charge in [0.1, 0.15) is 0 Å². The van der Waals surface area contributed by atoms with E-state index < -0.39 is 8.07 Å². The van der Waals surface area contributed by atoms with E-state index in [0.717, 1.165) is 17.3 Å². The molecular formula is C14H19ClN2Si. The predicted octanol–water partition coefficient (Wildman–Crippen LogP) is 3.44. The van der Waals surface area contributed by atoms with Crippen molar-refractivity contribution in [2.24, 2.45) is 0 Å². The fraction of sp³-hybridized carbons (Fsp3) is 0.357. The van der Waals surface area contributed by atoms with Gasteiger partial charge in [0.05, 0.1) is 25.3 Å². The maximum atomic E-state index is 6.00. The summed E-state index contributed by atoms with van der Waals surface area (Å²) < 4.78 is 1.89. The van der Waals surface area contributed by atoms with E-state index in [0.29, 0.717) is 0 Å². The van der Waals surface area contributed by atoms with Crippen LogP contribution in [0.5, 0.6) is 0 Å². The first kappa shape index (κ1) is 13.4. The molecule has 0 aliphatic rings. The van der Waals surface area contributed by atoms with Crippen molar-refractivity contribution in [2.45, 2.75) is 33.1 Å². The summed E-state index contributed by atoms with van der Waals surface area (Å²) in [5.41, 5.74) is 2.14. The third kappa shape index (κ3) is 3.03. The molecule has 96 valence electrons. The number of hydrogen-bond acceptors (Lipinski definition) is 1. The zero-order valence-corrected chi connectivity index (χ0v) is 13.1. The second-order valence-corrected chi connectivity index (χ2v) is 11.2. The van der Waals surface area contributed by atoms with E-state index in [9.17, 15) is 0 Å². The van der Waals surface area contributed by atoms with E-state index >= 15 is 0 Å². The van der Waals surface area contributed by atoms with Gasteiger partial charge < -0.3 is 0 Å². The SMILES string of the molecule is Cc1nn(Cc2ccc([Si](C)(C)C)cc2)cc1Cl. The average molecular weight is 279 g/mol. The van der Waals surface area contributed by atoms with Crippen molar-refractivity contribution < 1.29 is 0 Å². The molecule has 0 bridgehead atoms. The van der Waals surface area contributed by atoms with Crippen molar-refractivity contribution in [3.05, 3.63) is 46.7 Å². The van der Waals surface area contributed by atoms with Crippen LogP contribution in [0.3, 0.4) is 0 Å². The van der Waals surface area contributed by atoms with Gasteiger partial charge in [0, 0.05) is 6.20 Å². The molecule has 0 spiro atoms. The number of aryl methyl sites for hydroxylation is 1. The second kappa shape index (κ2) is 4.90. The Morgan fingerprint density at radius 2 is 1.78 bits per heavy atom. The van der Waals surface area contributed by atoms with Crippen molar-refractivity contribution in [1.29, 1.82) is 0 Å². The first-order valence-electron chi connectivity index (χ1n) is 6.15. The Balaban J connectivity index is 2.16. The van der Waals surface area contributed by atoms with Crippen LogP contribution in [-0.2, 0) is 6.54 Å². The fourth-order valence-corrected chi connectivity index (χ4v) is 3.19. The monoisotopic (exact) mass is 278 g/mol. The lowest BCUT2D eigenvalue weighted by molar-refractivity contribution is 0.679. The summed E-state index contributed by atoms with van der Waals surface area (Å²) in [4.78, 5) is 0. The van der Waals surface area contributed by atoms with Crippen LogP contribution in [0.1, 0.15) is 11.3 Å². The fourth-order valence-electron chi connectivity index (χ4n) is 1.87. The first-order chi connectivity index (χ1) is 8.36. The third-order valence-corrected chi connectivity index (χ3v) is 5.49. The highest BCUT2D eigenvalue weighted by Crippen LogP contribution is 2.13. The molecule has 0 aliphatic carbocycles. The molecule has 18 heavy (non-hydrogen) atoms. The maximum absolute atomic E-state index is 6.00. The largest absolute Gasteiger partial charge is 0.267 e. The quantitative estimate of drug-likeness (QED) is 0.787. The molecule has 2 rings (SSSR count). The van der Waals surface area contributed by atoms with E-state index in [-0.39, 0.29) is 0 Å². The highest BCUT2D eigenvalue weighted by Gasteiger charge is 2.15. The Morgan fingerprint density at radius 1 is 1.17 bits per heavy atom. The molecule has 2 aromatic rings. The molecular weight excluding hydrogens is 260 g/mol. The predicted molar refractivity (Wildman–Crippen MR) is 80.5 cm³/mol. The molecule has 2 nitrogen and oxygen atoms in total. The van der Waals surface area contributed by atoms with Crippen LogP contribution >= 0.6 is 11.6 Å². The van der Waals surface area contributed by atoms with Crippen LogP contribution in [-0.4, -0.2) is 17.9 Å². The standard InChI is InChI=1S/C14H19ClN2Si/c1-11-14(15)10-17(16-11)9-12-5-7-13(8-6-12)18(2,3)4/h5-8,10H,9H2,1-4H3. The van der Waals surface area contributed by atoms with E-state index in [1.807, 2.05) is 17.8 Å². The van der Waals surface area contributed by atoms with Gasteiger partial charge in [-0.1, -0.05) is 60.7 Å². The molecule has 0 saturated carbocycles. The summed E-state index contributed by atoms with van der Waals surface area (Å²) in [6.07, 6.45) is 1.88. The van der Waals surface area contributed by atoms with E-state index in [4.69, 9.17) is 11.6 Å². The number of hydrogen-bond donors (Lipinski definition) is 0. The molecule has 0 saturated heterocycles. The molecule has 1 heterocycles. The summed E-state index contributed by atoms with van der Waals surface area (Å²) in [6.45, 7) is 9.78. The topological polar surface area (TPSA) is 17.8 Å². The molecule has 1 aromatic carbocycles. The Hall–Kier alpha value is -1.06. The number of rotatable bonds is 3. The zero-order chi connectivity index (χ0) is 13.3. The van der Waals surface area contributed by atoms with Gasteiger partial charge >= 0.3 is 0 Å². The average Bonchev–Trinajstić information content (AvgIpc) is 2.57. The van der Waals surface area contributed by atoms with Gasteiger partial charge in [0.2, 0.25) is 0 Å². The van der Waals surface area contributed by atoms with Gasteiger partial charge in [-0.05, 0) is 12.5 Å². The van der Waals surface area contributed by atoms with E-state index in [1.54, 1.807) is 0 Å². The van der Waals surface area contributed by atoms with Crippen LogP contribution in [0.25, 0.3) is 0 Å². The first-order valence-corrected chi connectivity index (χ1v) is 10.0. The van der Waals surface area contributed by atoms with Crippen LogP contribution in [0.15, 0.2) is 30.5 Å². The van der Waals surface area contributed by atoms with Crippen LogP contribution in [0, 0.1) is 6.92 Å². The van der Waals surface area contributed by atoms with Crippen LogP contribution in [0.4, 0.5) is 0 Å². The van der Waals surface area contributed by atoms with Crippen LogP contribution in [0.2, 0.25) is 24.7 Å². The number of halogens is 1. The van der Waals surface area contributed by atoms with Crippen molar-refractivity contribution in [3.63, 3.8) is 0 Å². The van der Waals surface area contributed by atoms with Gasteiger partial charge in [-0.15, -0.1) is 0 Å². The molecule has 0 unspecified atom stereocenters. The number of aromatic nitrogens is 2. The molecule has 0 radical (unpaired) electrons. The molecule has 0 amide bonds. The molecule has 1 aromatic heterocycles. The van der Waals surface area contributed by atoms with E-state index in [1.165, 1.54) is 10.8 Å². The molecule has 4 heteroatoms. The van der Waals surface area contributed by atoms with Gasteiger partial charge in [0.15, 0.2) is 0 Å². The van der Waals surface area contributed by atoms with Gasteiger partial charge in [-0.2, -0.15) is 5.10 Å². The summed E-state index contributed by atoms with van der Waals surface area (Å²) in [5, 5.41) is 6.59. The number of benzene rings is 1. The van der Waals surface area contributed by atoms with Crippen molar-refractivity contribution >= 4 is 24.9 Å². The Labute approximate surface area is 115 Å².